The number of ketones is 1. The normalized spacial score (nSPS) is 10.7. The van der Waals surface area contributed by atoms with Gasteiger partial charge in [0.25, 0.3) is 0 Å². The standard InChI is InChI=1S/C23H18FN3O2/c1-27(17-9-11-18(29-2)12-10-17)23-19-14-16(24)8-13-20(19)25-22(26-23)21(28)15-6-4-3-5-7-15/h3-14H,1-2H3. The molecule has 0 saturated carbocycles. The minimum atomic E-state index is -0.396. The molecule has 1 heterocycles. The molecule has 0 bridgehead atoms. The van der Waals surface area contributed by atoms with E-state index in [-0.39, 0.29) is 11.6 Å². The van der Waals surface area contributed by atoms with Crippen LogP contribution in [-0.4, -0.2) is 29.9 Å². The van der Waals surface area contributed by atoms with E-state index in [2.05, 4.69) is 9.97 Å². The van der Waals surface area contributed by atoms with E-state index in [9.17, 15) is 9.18 Å². The Hall–Kier alpha value is -3.80. The van der Waals surface area contributed by atoms with Crippen molar-refractivity contribution in [1.29, 1.82) is 0 Å². The Morgan fingerprint density at radius 2 is 1.69 bits per heavy atom. The van der Waals surface area contributed by atoms with Gasteiger partial charge in [-0.25, -0.2) is 14.4 Å². The highest BCUT2D eigenvalue weighted by molar-refractivity contribution is 6.08. The third kappa shape index (κ3) is 3.65. The lowest BCUT2D eigenvalue weighted by Gasteiger charge is -2.21. The van der Waals surface area contributed by atoms with Gasteiger partial charge in [0.15, 0.2) is 0 Å². The van der Waals surface area contributed by atoms with Crippen molar-refractivity contribution >= 4 is 28.2 Å². The fourth-order valence-corrected chi connectivity index (χ4v) is 3.09. The first-order valence-corrected chi connectivity index (χ1v) is 9.01. The Balaban J connectivity index is 1.86. The number of halogens is 1. The summed E-state index contributed by atoms with van der Waals surface area (Å²) >= 11 is 0. The van der Waals surface area contributed by atoms with Crippen molar-refractivity contribution in [2.24, 2.45) is 0 Å². The second-order valence-corrected chi connectivity index (χ2v) is 6.48. The molecule has 3 aromatic carbocycles. The van der Waals surface area contributed by atoms with E-state index in [1.54, 1.807) is 42.3 Å². The summed E-state index contributed by atoms with van der Waals surface area (Å²) in [4.78, 5) is 23.6. The minimum Gasteiger partial charge on any atom is -0.497 e. The molecular weight excluding hydrogens is 369 g/mol. The number of carbonyl (C=O) groups is 1. The molecule has 29 heavy (non-hydrogen) atoms. The van der Waals surface area contributed by atoms with Gasteiger partial charge in [-0.3, -0.25) is 4.79 Å². The Labute approximate surface area is 167 Å². The smallest absolute Gasteiger partial charge is 0.230 e. The van der Waals surface area contributed by atoms with Crippen molar-refractivity contribution < 1.29 is 13.9 Å². The van der Waals surface area contributed by atoms with E-state index in [4.69, 9.17) is 4.74 Å². The number of aromatic nitrogens is 2. The Bertz CT molecular complexity index is 1180. The molecule has 0 aliphatic carbocycles. The van der Waals surface area contributed by atoms with E-state index in [0.29, 0.717) is 22.3 Å². The number of anilines is 2. The number of fused-ring (bicyclic) bond motifs is 1. The van der Waals surface area contributed by atoms with Gasteiger partial charge in [-0.2, -0.15) is 0 Å². The molecule has 144 valence electrons. The maximum atomic E-state index is 13.9. The molecule has 0 N–H and O–H groups in total. The highest BCUT2D eigenvalue weighted by atomic mass is 19.1. The quantitative estimate of drug-likeness (QED) is 0.462. The maximum absolute atomic E-state index is 13.9. The first-order valence-electron chi connectivity index (χ1n) is 9.01. The summed E-state index contributed by atoms with van der Waals surface area (Å²) in [5.41, 5.74) is 1.80. The molecule has 6 heteroatoms. The molecule has 0 atom stereocenters. The molecule has 0 amide bonds. The molecule has 0 saturated heterocycles. The lowest BCUT2D eigenvalue weighted by atomic mass is 10.1. The highest BCUT2D eigenvalue weighted by Crippen LogP contribution is 2.30. The van der Waals surface area contributed by atoms with Gasteiger partial charge in [-0.05, 0) is 42.5 Å². The third-order valence-corrected chi connectivity index (χ3v) is 4.65. The van der Waals surface area contributed by atoms with Crippen LogP contribution in [0.3, 0.4) is 0 Å². The Kier molecular flexibility index (Phi) is 4.91. The van der Waals surface area contributed by atoms with Crippen molar-refractivity contribution in [3.05, 3.63) is 90.0 Å². The molecule has 4 aromatic rings. The van der Waals surface area contributed by atoms with Crippen LogP contribution in [-0.2, 0) is 0 Å². The van der Waals surface area contributed by atoms with Gasteiger partial charge in [-0.15, -0.1) is 0 Å². The molecule has 0 aliphatic heterocycles. The maximum Gasteiger partial charge on any atom is 0.230 e. The predicted molar refractivity (Wildman–Crippen MR) is 110 cm³/mol. The lowest BCUT2D eigenvalue weighted by Crippen LogP contribution is -2.16. The van der Waals surface area contributed by atoms with Crippen molar-refractivity contribution in [2.75, 3.05) is 19.1 Å². The summed E-state index contributed by atoms with van der Waals surface area (Å²) in [6.45, 7) is 0. The zero-order valence-electron chi connectivity index (χ0n) is 16.0. The van der Waals surface area contributed by atoms with E-state index < -0.39 is 5.82 Å². The van der Waals surface area contributed by atoms with E-state index in [1.165, 1.54) is 12.1 Å². The summed E-state index contributed by atoms with van der Waals surface area (Å²) in [7, 11) is 3.41. The molecule has 0 fully saturated rings. The number of hydrogen-bond acceptors (Lipinski definition) is 5. The fourth-order valence-electron chi connectivity index (χ4n) is 3.09. The number of benzene rings is 3. The van der Waals surface area contributed by atoms with E-state index >= 15 is 0 Å². The first kappa shape index (κ1) is 18.6. The number of ether oxygens (including phenoxy) is 1. The molecule has 5 nitrogen and oxygen atoms in total. The van der Waals surface area contributed by atoms with E-state index in [1.807, 2.05) is 37.4 Å². The van der Waals surface area contributed by atoms with Gasteiger partial charge in [0.1, 0.15) is 17.4 Å². The van der Waals surface area contributed by atoms with Gasteiger partial charge in [0.05, 0.1) is 12.6 Å². The largest absolute Gasteiger partial charge is 0.497 e. The molecule has 0 spiro atoms. The zero-order chi connectivity index (χ0) is 20.4. The van der Waals surface area contributed by atoms with Crippen molar-refractivity contribution in [1.82, 2.24) is 9.97 Å². The summed E-state index contributed by atoms with van der Waals surface area (Å²) in [5.74, 6) is 0.541. The highest BCUT2D eigenvalue weighted by Gasteiger charge is 2.19. The Morgan fingerprint density at radius 3 is 2.38 bits per heavy atom. The van der Waals surface area contributed by atoms with Crippen LogP contribution in [0.4, 0.5) is 15.9 Å². The monoisotopic (exact) mass is 387 g/mol. The van der Waals surface area contributed by atoms with Gasteiger partial charge in [-0.1, -0.05) is 30.3 Å². The third-order valence-electron chi connectivity index (χ3n) is 4.65. The van der Waals surface area contributed by atoms with Crippen LogP contribution in [0.5, 0.6) is 5.75 Å². The van der Waals surface area contributed by atoms with Crippen LogP contribution in [0.1, 0.15) is 16.2 Å². The van der Waals surface area contributed by atoms with Gasteiger partial charge < -0.3 is 9.64 Å². The van der Waals surface area contributed by atoms with Crippen LogP contribution in [0.2, 0.25) is 0 Å². The summed E-state index contributed by atoms with van der Waals surface area (Å²) in [6, 6.07) is 20.5. The zero-order valence-corrected chi connectivity index (χ0v) is 16.0. The molecule has 0 unspecified atom stereocenters. The second-order valence-electron chi connectivity index (χ2n) is 6.48. The molecule has 0 radical (unpaired) electrons. The number of hydrogen-bond donors (Lipinski definition) is 0. The lowest BCUT2D eigenvalue weighted by molar-refractivity contribution is 0.103. The molecule has 4 rings (SSSR count). The molecular formula is C23H18FN3O2. The van der Waals surface area contributed by atoms with Crippen LogP contribution < -0.4 is 9.64 Å². The van der Waals surface area contributed by atoms with Crippen molar-refractivity contribution in [2.45, 2.75) is 0 Å². The van der Waals surface area contributed by atoms with Crippen LogP contribution in [0.25, 0.3) is 10.9 Å². The number of carbonyl (C=O) groups excluding carboxylic acids is 1. The van der Waals surface area contributed by atoms with Crippen LogP contribution >= 0.6 is 0 Å². The summed E-state index contributed by atoms with van der Waals surface area (Å²) in [5, 5.41) is 0.521. The van der Waals surface area contributed by atoms with Gasteiger partial charge in [0.2, 0.25) is 11.6 Å². The van der Waals surface area contributed by atoms with Gasteiger partial charge in [0, 0.05) is 23.7 Å². The van der Waals surface area contributed by atoms with Crippen molar-refractivity contribution in [3.8, 4) is 5.75 Å². The SMILES string of the molecule is COc1ccc(N(C)c2nc(C(=O)c3ccccc3)nc3ccc(F)cc23)cc1. The molecule has 0 aliphatic rings. The van der Waals surface area contributed by atoms with E-state index in [0.717, 1.165) is 11.4 Å². The average Bonchev–Trinajstić information content (AvgIpc) is 2.78. The van der Waals surface area contributed by atoms with Gasteiger partial charge >= 0.3 is 0 Å². The second kappa shape index (κ2) is 7.67. The number of nitrogens with zero attached hydrogens (tertiary/aromatic N) is 3. The first-order chi connectivity index (χ1) is 14.1. The number of methoxy groups -OCH3 is 1. The molecule has 1 aromatic heterocycles. The predicted octanol–water partition coefficient (Wildman–Crippen LogP) is 4.78. The Morgan fingerprint density at radius 1 is 0.966 bits per heavy atom. The average molecular weight is 387 g/mol. The summed E-state index contributed by atoms with van der Waals surface area (Å²) in [6.07, 6.45) is 0. The summed E-state index contributed by atoms with van der Waals surface area (Å²) < 4.78 is 19.1. The van der Waals surface area contributed by atoms with Crippen LogP contribution in [0.15, 0.2) is 72.8 Å². The fraction of sp³-hybridized carbons (Fsp3) is 0.0870. The van der Waals surface area contributed by atoms with Crippen LogP contribution in [0, 0.1) is 5.82 Å². The van der Waals surface area contributed by atoms with Crippen molar-refractivity contribution in [3.63, 3.8) is 0 Å². The topological polar surface area (TPSA) is 55.3 Å². The number of rotatable bonds is 5. The minimum absolute atomic E-state index is 0.0608.